The van der Waals surface area contributed by atoms with Gasteiger partial charge in [0.05, 0.1) is 22.2 Å². The highest BCUT2D eigenvalue weighted by Crippen LogP contribution is 2.25. The molecule has 12 heteroatoms. The van der Waals surface area contributed by atoms with E-state index in [4.69, 9.17) is 0 Å². The van der Waals surface area contributed by atoms with Gasteiger partial charge in [0.25, 0.3) is 5.91 Å². The standard InChI is InChI=1S/C15H9F2N3O5S2/c1-25-12(21)6-19-13-8(17)4-7(16)5-10(13)27-15(19)18-14(22)9-2-3-11(26-9)20(23)24/h2-5H,6H2,1H3. The Morgan fingerprint density at radius 3 is 2.67 bits per heavy atom. The van der Waals surface area contributed by atoms with Gasteiger partial charge in [0.1, 0.15) is 17.2 Å². The van der Waals surface area contributed by atoms with Crippen molar-refractivity contribution in [2.24, 2.45) is 4.99 Å². The minimum absolute atomic E-state index is 0.00423. The number of nitro groups is 1. The fourth-order valence-electron chi connectivity index (χ4n) is 2.24. The summed E-state index contributed by atoms with van der Waals surface area (Å²) in [5.41, 5.74) is -0.101. The number of benzene rings is 1. The normalized spacial score (nSPS) is 11.7. The second kappa shape index (κ2) is 7.32. The number of halogens is 2. The van der Waals surface area contributed by atoms with Gasteiger partial charge in [-0.1, -0.05) is 22.7 Å². The maximum Gasteiger partial charge on any atom is 0.325 e. The molecule has 0 radical (unpaired) electrons. The van der Waals surface area contributed by atoms with Crippen LogP contribution in [-0.2, 0) is 16.1 Å². The fourth-order valence-corrected chi connectivity index (χ4v) is 4.01. The molecule has 0 saturated carbocycles. The molecule has 0 unspecified atom stereocenters. The van der Waals surface area contributed by atoms with Crippen LogP contribution >= 0.6 is 22.7 Å². The summed E-state index contributed by atoms with van der Waals surface area (Å²) in [5, 5.41) is 10.5. The summed E-state index contributed by atoms with van der Waals surface area (Å²) in [4.78, 5) is 37.8. The van der Waals surface area contributed by atoms with Crippen molar-refractivity contribution in [3.05, 3.63) is 55.7 Å². The van der Waals surface area contributed by atoms with E-state index in [1.54, 1.807) is 0 Å². The number of ether oxygens (including phenoxy) is 1. The van der Waals surface area contributed by atoms with Crippen LogP contribution in [0.25, 0.3) is 10.2 Å². The highest BCUT2D eigenvalue weighted by atomic mass is 32.1. The van der Waals surface area contributed by atoms with E-state index in [2.05, 4.69) is 9.73 Å². The Kier molecular flexibility index (Phi) is 5.10. The zero-order valence-corrected chi connectivity index (χ0v) is 15.1. The maximum absolute atomic E-state index is 14.2. The van der Waals surface area contributed by atoms with Crippen molar-refractivity contribution >= 4 is 49.8 Å². The van der Waals surface area contributed by atoms with E-state index in [9.17, 15) is 28.5 Å². The largest absolute Gasteiger partial charge is 0.468 e. The monoisotopic (exact) mass is 413 g/mol. The molecule has 2 aromatic heterocycles. The number of esters is 1. The minimum atomic E-state index is -0.925. The van der Waals surface area contributed by atoms with Crippen LogP contribution < -0.4 is 4.80 Å². The molecule has 0 spiro atoms. The third-order valence-electron chi connectivity index (χ3n) is 3.39. The summed E-state index contributed by atoms with van der Waals surface area (Å²) in [6.45, 7) is -0.449. The Bertz CT molecular complexity index is 1150. The first kappa shape index (κ1) is 18.8. The highest BCUT2D eigenvalue weighted by molar-refractivity contribution is 7.17. The first-order valence-corrected chi connectivity index (χ1v) is 8.82. The van der Waals surface area contributed by atoms with Crippen molar-refractivity contribution in [1.82, 2.24) is 4.57 Å². The number of rotatable bonds is 4. The molecule has 0 aliphatic rings. The zero-order chi connectivity index (χ0) is 19.7. The molecule has 3 aromatic rings. The van der Waals surface area contributed by atoms with Gasteiger partial charge >= 0.3 is 11.0 Å². The average Bonchev–Trinajstić information content (AvgIpc) is 3.20. The SMILES string of the molecule is COC(=O)Cn1c(=NC(=O)c2ccc([N+](=O)[O-])s2)sc2cc(F)cc(F)c21. The summed E-state index contributed by atoms with van der Waals surface area (Å²) in [5.74, 6) is -3.28. The van der Waals surface area contributed by atoms with Crippen LogP contribution in [-0.4, -0.2) is 28.5 Å². The second-order valence-electron chi connectivity index (χ2n) is 5.09. The van der Waals surface area contributed by atoms with Gasteiger partial charge in [-0.3, -0.25) is 19.7 Å². The van der Waals surface area contributed by atoms with E-state index in [-0.39, 0.29) is 24.9 Å². The molecule has 0 bridgehead atoms. The zero-order valence-electron chi connectivity index (χ0n) is 13.5. The van der Waals surface area contributed by atoms with E-state index in [1.165, 1.54) is 6.07 Å². The van der Waals surface area contributed by atoms with E-state index < -0.39 is 35.0 Å². The lowest BCUT2D eigenvalue weighted by molar-refractivity contribution is -0.380. The van der Waals surface area contributed by atoms with Crippen molar-refractivity contribution in [3.8, 4) is 0 Å². The van der Waals surface area contributed by atoms with E-state index in [0.29, 0.717) is 17.4 Å². The van der Waals surface area contributed by atoms with Crippen molar-refractivity contribution in [2.45, 2.75) is 6.54 Å². The number of aromatic nitrogens is 1. The van der Waals surface area contributed by atoms with Crippen LogP contribution in [0.3, 0.4) is 0 Å². The molecular weight excluding hydrogens is 404 g/mol. The van der Waals surface area contributed by atoms with Gasteiger partial charge in [-0.05, 0) is 12.1 Å². The number of methoxy groups -OCH3 is 1. The maximum atomic E-state index is 14.2. The summed E-state index contributed by atoms with van der Waals surface area (Å²) < 4.78 is 33.5. The molecule has 2 heterocycles. The molecule has 1 amide bonds. The van der Waals surface area contributed by atoms with Gasteiger partial charge in [-0.2, -0.15) is 4.99 Å². The first-order valence-electron chi connectivity index (χ1n) is 7.18. The Balaban J connectivity index is 2.16. The number of fused-ring (bicyclic) bond motifs is 1. The van der Waals surface area contributed by atoms with E-state index in [1.807, 2.05) is 0 Å². The summed E-state index contributed by atoms with van der Waals surface area (Å²) in [6.07, 6.45) is 0. The lowest BCUT2D eigenvalue weighted by atomic mass is 10.3. The van der Waals surface area contributed by atoms with Gasteiger partial charge in [0, 0.05) is 12.1 Å². The summed E-state index contributed by atoms with van der Waals surface area (Å²) in [7, 11) is 1.14. The molecule has 0 fully saturated rings. The summed E-state index contributed by atoms with van der Waals surface area (Å²) in [6, 6.07) is 4.11. The third kappa shape index (κ3) is 3.75. The molecule has 0 atom stereocenters. The Morgan fingerprint density at radius 2 is 2.04 bits per heavy atom. The van der Waals surface area contributed by atoms with E-state index in [0.717, 1.165) is 35.1 Å². The van der Waals surface area contributed by atoms with E-state index >= 15 is 0 Å². The van der Waals surface area contributed by atoms with Crippen LogP contribution in [0.1, 0.15) is 9.67 Å². The number of nitrogens with zero attached hydrogens (tertiary/aromatic N) is 3. The third-order valence-corrected chi connectivity index (χ3v) is 5.44. The van der Waals surface area contributed by atoms with Gasteiger partial charge in [0.2, 0.25) is 0 Å². The van der Waals surface area contributed by atoms with Crippen LogP contribution in [0.15, 0.2) is 29.3 Å². The van der Waals surface area contributed by atoms with Crippen molar-refractivity contribution in [2.75, 3.05) is 7.11 Å². The Labute approximate surface area is 157 Å². The minimum Gasteiger partial charge on any atom is -0.468 e. The topological polar surface area (TPSA) is 104 Å². The van der Waals surface area contributed by atoms with Crippen molar-refractivity contribution < 1.29 is 28.0 Å². The molecular formula is C15H9F2N3O5S2. The smallest absolute Gasteiger partial charge is 0.325 e. The van der Waals surface area contributed by atoms with Gasteiger partial charge in [-0.25, -0.2) is 8.78 Å². The summed E-state index contributed by atoms with van der Waals surface area (Å²) >= 11 is 1.43. The van der Waals surface area contributed by atoms with Crippen molar-refractivity contribution in [1.29, 1.82) is 0 Å². The van der Waals surface area contributed by atoms with Gasteiger partial charge < -0.3 is 9.30 Å². The predicted molar refractivity (Wildman–Crippen MR) is 92.6 cm³/mol. The van der Waals surface area contributed by atoms with Gasteiger partial charge in [0.15, 0.2) is 10.6 Å². The molecule has 0 saturated heterocycles. The lowest BCUT2D eigenvalue weighted by Crippen LogP contribution is -2.22. The molecule has 140 valence electrons. The second-order valence-corrected chi connectivity index (χ2v) is 7.16. The number of carbonyl (C=O) groups excluding carboxylic acids is 2. The average molecular weight is 413 g/mol. The molecule has 0 N–H and O–H groups in total. The number of thiazole rings is 1. The van der Waals surface area contributed by atoms with Crippen LogP contribution in [0.2, 0.25) is 0 Å². The first-order chi connectivity index (χ1) is 12.8. The predicted octanol–water partition coefficient (Wildman–Crippen LogP) is 2.86. The van der Waals surface area contributed by atoms with Crippen LogP contribution in [0.5, 0.6) is 0 Å². The van der Waals surface area contributed by atoms with Gasteiger partial charge in [-0.15, -0.1) is 0 Å². The molecule has 0 aliphatic carbocycles. The fraction of sp³-hybridized carbons (Fsp3) is 0.133. The molecule has 8 nitrogen and oxygen atoms in total. The molecule has 0 aliphatic heterocycles. The number of carbonyl (C=O) groups is 2. The van der Waals surface area contributed by atoms with Crippen molar-refractivity contribution in [3.63, 3.8) is 0 Å². The lowest BCUT2D eigenvalue weighted by Gasteiger charge is -2.04. The number of amides is 1. The highest BCUT2D eigenvalue weighted by Gasteiger charge is 2.18. The Morgan fingerprint density at radius 1 is 1.30 bits per heavy atom. The number of hydrogen-bond donors (Lipinski definition) is 0. The quantitative estimate of drug-likeness (QED) is 0.372. The van der Waals surface area contributed by atoms with Crippen LogP contribution in [0.4, 0.5) is 13.8 Å². The number of hydrogen-bond acceptors (Lipinski definition) is 7. The molecule has 1 aromatic carbocycles. The van der Waals surface area contributed by atoms with Crippen LogP contribution in [0, 0.1) is 21.7 Å². The Hall–Kier alpha value is -2.99. The molecule has 3 rings (SSSR count). The number of thiophene rings is 1. The molecule has 27 heavy (non-hydrogen) atoms.